The fourth-order valence-corrected chi connectivity index (χ4v) is 3.91. The van der Waals surface area contributed by atoms with E-state index in [1.54, 1.807) is 6.20 Å². The molecule has 2 aromatic heterocycles. The summed E-state index contributed by atoms with van der Waals surface area (Å²) in [6.07, 6.45) is 1.74. The predicted molar refractivity (Wildman–Crippen MR) is 116 cm³/mol. The molecular formula is C24H20N4O2. The summed E-state index contributed by atoms with van der Waals surface area (Å²) in [6, 6.07) is 22.9. The van der Waals surface area contributed by atoms with E-state index in [1.165, 1.54) is 0 Å². The highest BCUT2D eigenvalue weighted by molar-refractivity contribution is 6.03. The van der Waals surface area contributed by atoms with E-state index in [2.05, 4.69) is 10.3 Å². The van der Waals surface area contributed by atoms with Crippen molar-refractivity contribution in [3.8, 4) is 0 Å². The molecule has 0 fully saturated rings. The maximum atomic E-state index is 13.3. The van der Waals surface area contributed by atoms with Crippen LogP contribution in [0.4, 0.5) is 5.95 Å². The van der Waals surface area contributed by atoms with Crippen LogP contribution < -0.4 is 5.32 Å². The van der Waals surface area contributed by atoms with E-state index in [9.17, 15) is 4.79 Å². The van der Waals surface area contributed by atoms with Crippen molar-refractivity contribution in [2.24, 2.45) is 0 Å². The number of benzene rings is 2. The van der Waals surface area contributed by atoms with Gasteiger partial charge in [0.25, 0.3) is 0 Å². The van der Waals surface area contributed by atoms with E-state index in [0.717, 1.165) is 22.3 Å². The van der Waals surface area contributed by atoms with Crippen molar-refractivity contribution in [2.75, 3.05) is 11.9 Å². The first-order valence-electron chi connectivity index (χ1n) is 9.89. The Hall–Kier alpha value is -3.93. The molecule has 1 aliphatic rings. The van der Waals surface area contributed by atoms with Gasteiger partial charge in [-0.05, 0) is 36.8 Å². The molecule has 1 N–H and O–H groups in total. The number of nitrogens with one attached hydrogen (secondary N) is 1. The first kappa shape index (κ1) is 18.1. The van der Waals surface area contributed by atoms with Crippen molar-refractivity contribution in [1.82, 2.24) is 14.5 Å². The zero-order valence-corrected chi connectivity index (χ0v) is 16.4. The van der Waals surface area contributed by atoms with Gasteiger partial charge in [0.1, 0.15) is 6.04 Å². The predicted octanol–water partition coefficient (Wildman–Crippen LogP) is 4.42. The topological polar surface area (TPSA) is 69.0 Å². The first-order chi connectivity index (χ1) is 14.8. The summed E-state index contributed by atoms with van der Waals surface area (Å²) >= 11 is 0. The summed E-state index contributed by atoms with van der Waals surface area (Å²) in [7, 11) is 0. The summed E-state index contributed by atoms with van der Waals surface area (Å²) in [6.45, 7) is 2.10. The molecule has 6 nitrogen and oxygen atoms in total. The van der Waals surface area contributed by atoms with Crippen molar-refractivity contribution in [3.05, 3.63) is 95.8 Å². The van der Waals surface area contributed by atoms with E-state index in [0.29, 0.717) is 17.2 Å². The van der Waals surface area contributed by atoms with Gasteiger partial charge in [0.05, 0.1) is 34.6 Å². The zero-order chi connectivity index (χ0) is 20.5. The van der Waals surface area contributed by atoms with Gasteiger partial charge in [0.2, 0.25) is 5.95 Å². The van der Waals surface area contributed by atoms with Gasteiger partial charge < -0.3 is 10.1 Å². The first-order valence-corrected chi connectivity index (χ1v) is 9.89. The molecule has 0 radical (unpaired) electrons. The number of ether oxygens (including phenoxy) is 1. The fraction of sp³-hybridized carbons (Fsp3) is 0.125. The molecule has 0 unspecified atom stereocenters. The molecule has 0 saturated carbocycles. The molecule has 0 saturated heterocycles. The van der Waals surface area contributed by atoms with Crippen LogP contribution in [0, 0.1) is 0 Å². The smallest absolute Gasteiger partial charge is 0.338 e. The highest BCUT2D eigenvalue weighted by atomic mass is 16.5. The van der Waals surface area contributed by atoms with Gasteiger partial charge in [-0.1, -0.05) is 48.5 Å². The number of carbonyl (C=O) groups excluding carboxylic acids is 1. The number of hydrogen-bond donors (Lipinski definition) is 1. The Morgan fingerprint density at radius 2 is 1.80 bits per heavy atom. The lowest BCUT2D eigenvalue weighted by Gasteiger charge is -2.30. The molecular weight excluding hydrogens is 376 g/mol. The third-order valence-corrected chi connectivity index (χ3v) is 5.16. The summed E-state index contributed by atoms with van der Waals surface area (Å²) in [5.74, 6) is 0.293. The van der Waals surface area contributed by atoms with Crippen LogP contribution in [0.2, 0.25) is 0 Å². The van der Waals surface area contributed by atoms with Crippen LogP contribution in [0.3, 0.4) is 0 Å². The Kier molecular flexibility index (Phi) is 4.52. The molecule has 0 bridgehead atoms. The molecule has 0 amide bonds. The third kappa shape index (κ3) is 2.93. The Labute approximate surface area is 173 Å². The third-order valence-electron chi connectivity index (χ3n) is 5.16. The Bertz CT molecular complexity index is 1250. The molecule has 2 aromatic carbocycles. The number of nitrogens with zero attached hydrogens (tertiary/aromatic N) is 3. The van der Waals surface area contributed by atoms with E-state index in [1.807, 2.05) is 84.3 Å². The van der Waals surface area contributed by atoms with Gasteiger partial charge in [-0.3, -0.25) is 9.55 Å². The molecule has 1 aliphatic heterocycles. The molecule has 0 spiro atoms. The number of hydrogen-bond acceptors (Lipinski definition) is 5. The summed E-state index contributed by atoms with van der Waals surface area (Å²) in [5, 5.41) is 3.39. The van der Waals surface area contributed by atoms with Gasteiger partial charge in [-0.15, -0.1) is 0 Å². The fourth-order valence-electron chi connectivity index (χ4n) is 3.91. The number of carbonyl (C=O) groups is 1. The zero-order valence-electron chi connectivity index (χ0n) is 16.4. The Balaban J connectivity index is 1.83. The van der Waals surface area contributed by atoms with Gasteiger partial charge in [-0.25, -0.2) is 9.78 Å². The lowest BCUT2D eigenvalue weighted by Crippen LogP contribution is -2.29. The number of anilines is 1. The summed E-state index contributed by atoms with van der Waals surface area (Å²) < 4.78 is 7.51. The van der Waals surface area contributed by atoms with Gasteiger partial charge in [0.15, 0.2) is 0 Å². The van der Waals surface area contributed by atoms with Crippen molar-refractivity contribution in [3.63, 3.8) is 0 Å². The second kappa shape index (κ2) is 7.48. The molecule has 148 valence electrons. The number of pyridine rings is 1. The van der Waals surface area contributed by atoms with E-state index in [-0.39, 0.29) is 12.6 Å². The largest absolute Gasteiger partial charge is 0.463 e. The summed E-state index contributed by atoms with van der Waals surface area (Å²) in [4.78, 5) is 22.6. The van der Waals surface area contributed by atoms with Crippen LogP contribution in [-0.2, 0) is 9.53 Å². The number of rotatable bonds is 4. The highest BCUT2D eigenvalue weighted by Gasteiger charge is 2.37. The molecule has 4 aromatic rings. The number of fused-ring (bicyclic) bond motifs is 3. The van der Waals surface area contributed by atoms with Crippen LogP contribution in [0.25, 0.3) is 16.7 Å². The standard InChI is InChI=1S/C24H20N4O2/c1-2-30-23(29)20-21(16-10-4-3-5-11-16)27-24-26-17-12-6-7-14-19(17)28(24)22(20)18-13-8-9-15-25-18/h3-15,22H,2H2,1H3,(H,26,27)/t22-/m1/s1. The monoisotopic (exact) mass is 396 g/mol. The minimum Gasteiger partial charge on any atom is -0.463 e. The second-order valence-electron chi connectivity index (χ2n) is 6.95. The average Bonchev–Trinajstić information content (AvgIpc) is 3.17. The minimum atomic E-state index is -0.468. The molecule has 3 heterocycles. The van der Waals surface area contributed by atoms with Crippen molar-refractivity contribution in [2.45, 2.75) is 13.0 Å². The van der Waals surface area contributed by atoms with Crippen molar-refractivity contribution in [1.29, 1.82) is 0 Å². The molecule has 5 rings (SSSR count). The summed E-state index contributed by atoms with van der Waals surface area (Å²) in [5.41, 5.74) is 4.60. The van der Waals surface area contributed by atoms with Crippen molar-refractivity contribution >= 4 is 28.6 Å². The van der Waals surface area contributed by atoms with E-state index < -0.39 is 6.04 Å². The lowest BCUT2D eigenvalue weighted by atomic mass is 9.95. The molecule has 0 aliphatic carbocycles. The van der Waals surface area contributed by atoms with Crippen LogP contribution in [0.15, 0.2) is 84.6 Å². The Morgan fingerprint density at radius 1 is 1.03 bits per heavy atom. The van der Waals surface area contributed by atoms with Gasteiger partial charge >= 0.3 is 5.97 Å². The Morgan fingerprint density at radius 3 is 2.57 bits per heavy atom. The number of para-hydroxylation sites is 2. The van der Waals surface area contributed by atoms with Crippen LogP contribution in [0.1, 0.15) is 24.2 Å². The molecule has 1 atom stereocenters. The normalized spacial score (nSPS) is 15.6. The van der Waals surface area contributed by atoms with E-state index >= 15 is 0 Å². The van der Waals surface area contributed by atoms with Crippen molar-refractivity contribution < 1.29 is 9.53 Å². The number of aromatic nitrogens is 3. The maximum absolute atomic E-state index is 13.3. The van der Waals surface area contributed by atoms with Gasteiger partial charge in [0, 0.05) is 6.20 Å². The number of imidazole rings is 1. The van der Waals surface area contributed by atoms with Crippen LogP contribution >= 0.6 is 0 Å². The van der Waals surface area contributed by atoms with Crippen LogP contribution in [0.5, 0.6) is 0 Å². The quantitative estimate of drug-likeness (QED) is 0.517. The van der Waals surface area contributed by atoms with Crippen LogP contribution in [-0.4, -0.2) is 27.1 Å². The number of esters is 1. The van der Waals surface area contributed by atoms with Gasteiger partial charge in [-0.2, -0.15) is 0 Å². The lowest BCUT2D eigenvalue weighted by molar-refractivity contribution is -0.138. The molecule has 6 heteroatoms. The minimum absolute atomic E-state index is 0.289. The molecule has 30 heavy (non-hydrogen) atoms. The SMILES string of the molecule is CCOC(=O)C1=C(c2ccccc2)Nc2nc3ccccc3n2[C@@H]1c1ccccn1. The maximum Gasteiger partial charge on any atom is 0.338 e. The second-order valence-corrected chi connectivity index (χ2v) is 6.95. The highest BCUT2D eigenvalue weighted by Crippen LogP contribution is 2.41. The van der Waals surface area contributed by atoms with E-state index in [4.69, 9.17) is 9.72 Å². The average molecular weight is 396 g/mol.